The number of urea groups is 1. The van der Waals surface area contributed by atoms with Gasteiger partial charge in [-0.05, 0) is 31.2 Å². The van der Waals surface area contributed by atoms with Gasteiger partial charge in [0, 0.05) is 44.0 Å². The summed E-state index contributed by atoms with van der Waals surface area (Å²) in [5.41, 5.74) is 1.15. The van der Waals surface area contributed by atoms with E-state index in [1.54, 1.807) is 7.11 Å². The lowest BCUT2D eigenvalue weighted by molar-refractivity contribution is 0.158. The van der Waals surface area contributed by atoms with Crippen molar-refractivity contribution in [3.05, 3.63) is 29.3 Å². The number of carbonyl (C=O) groups is 1. The summed E-state index contributed by atoms with van der Waals surface area (Å²) < 4.78 is 5.02. The van der Waals surface area contributed by atoms with Crippen molar-refractivity contribution >= 4 is 23.3 Å². The number of methoxy groups -OCH3 is 1. The van der Waals surface area contributed by atoms with Gasteiger partial charge >= 0.3 is 6.03 Å². The lowest BCUT2D eigenvalue weighted by Gasteiger charge is -2.36. The number of hydrogen-bond donors (Lipinski definition) is 1. The molecule has 2 amide bonds. The van der Waals surface area contributed by atoms with Crippen molar-refractivity contribution in [2.24, 2.45) is 0 Å². The highest BCUT2D eigenvalue weighted by atomic mass is 35.5. The molecule has 1 aromatic rings. The zero-order chi connectivity index (χ0) is 15.2. The van der Waals surface area contributed by atoms with E-state index in [9.17, 15) is 4.79 Å². The molecule has 1 aromatic carbocycles. The molecule has 5 nitrogen and oxygen atoms in total. The third-order valence-electron chi connectivity index (χ3n) is 3.55. The standard InChI is InChI=1S/C15H22ClN3O2/c1-12(11-21-2)17-15(20)19-9-7-18(8-10-19)14-5-3-13(16)4-6-14/h3-6,12H,7-11H2,1-2H3,(H,17,20). The molecule has 0 spiro atoms. The van der Waals surface area contributed by atoms with Crippen LogP contribution in [0.1, 0.15) is 6.92 Å². The minimum atomic E-state index is -0.0182. The first-order valence-corrected chi connectivity index (χ1v) is 7.53. The number of rotatable bonds is 4. The summed E-state index contributed by atoms with van der Waals surface area (Å²) in [6.07, 6.45) is 0. The van der Waals surface area contributed by atoms with Gasteiger partial charge in [0.15, 0.2) is 0 Å². The van der Waals surface area contributed by atoms with Crippen LogP contribution in [0.3, 0.4) is 0 Å². The predicted octanol–water partition coefficient (Wildman–Crippen LogP) is 2.21. The van der Waals surface area contributed by atoms with Crippen LogP contribution in [0.4, 0.5) is 10.5 Å². The van der Waals surface area contributed by atoms with E-state index in [0.717, 1.165) is 23.8 Å². The Morgan fingerprint density at radius 3 is 2.48 bits per heavy atom. The Balaban J connectivity index is 1.82. The lowest BCUT2D eigenvalue weighted by Crippen LogP contribution is -2.53. The largest absolute Gasteiger partial charge is 0.383 e. The van der Waals surface area contributed by atoms with E-state index in [0.29, 0.717) is 19.7 Å². The second-order valence-electron chi connectivity index (χ2n) is 5.26. The quantitative estimate of drug-likeness (QED) is 0.927. The lowest BCUT2D eigenvalue weighted by atomic mass is 10.2. The zero-order valence-corrected chi connectivity index (χ0v) is 13.3. The summed E-state index contributed by atoms with van der Waals surface area (Å²) in [7, 11) is 1.63. The number of halogens is 1. The Kier molecular flexibility index (Phi) is 5.70. The molecule has 1 aliphatic heterocycles. The highest BCUT2D eigenvalue weighted by molar-refractivity contribution is 6.30. The van der Waals surface area contributed by atoms with Gasteiger partial charge in [0.05, 0.1) is 12.6 Å². The smallest absolute Gasteiger partial charge is 0.317 e. The van der Waals surface area contributed by atoms with Crippen LogP contribution in [-0.4, -0.2) is 56.9 Å². The minimum Gasteiger partial charge on any atom is -0.383 e. The van der Waals surface area contributed by atoms with E-state index in [1.165, 1.54) is 0 Å². The molecule has 0 radical (unpaired) electrons. The summed E-state index contributed by atoms with van der Waals surface area (Å²) in [5, 5.41) is 3.68. The molecule has 2 rings (SSSR count). The van der Waals surface area contributed by atoms with Crippen molar-refractivity contribution in [2.45, 2.75) is 13.0 Å². The van der Waals surface area contributed by atoms with Gasteiger partial charge in [-0.15, -0.1) is 0 Å². The molecule has 0 aliphatic carbocycles. The highest BCUT2D eigenvalue weighted by Gasteiger charge is 2.22. The van der Waals surface area contributed by atoms with Crippen molar-refractivity contribution in [1.82, 2.24) is 10.2 Å². The van der Waals surface area contributed by atoms with Crippen molar-refractivity contribution < 1.29 is 9.53 Å². The van der Waals surface area contributed by atoms with Crippen LogP contribution in [0.5, 0.6) is 0 Å². The van der Waals surface area contributed by atoms with Gasteiger partial charge in [0.25, 0.3) is 0 Å². The fraction of sp³-hybridized carbons (Fsp3) is 0.533. The molecule has 0 saturated carbocycles. The third kappa shape index (κ3) is 4.51. The second-order valence-corrected chi connectivity index (χ2v) is 5.69. The Morgan fingerprint density at radius 2 is 1.90 bits per heavy atom. The molecule has 1 unspecified atom stereocenters. The summed E-state index contributed by atoms with van der Waals surface area (Å²) in [6.45, 7) is 5.55. The molecule has 1 atom stereocenters. The van der Waals surface area contributed by atoms with E-state index in [2.05, 4.69) is 10.2 Å². The number of nitrogens with one attached hydrogen (secondary N) is 1. The second kappa shape index (κ2) is 7.52. The monoisotopic (exact) mass is 311 g/mol. The van der Waals surface area contributed by atoms with Gasteiger partial charge in [-0.1, -0.05) is 11.6 Å². The van der Waals surface area contributed by atoms with Gasteiger partial charge < -0.3 is 19.9 Å². The first-order chi connectivity index (χ1) is 10.1. The van der Waals surface area contributed by atoms with Crippen LogP contribution >= 0.6 is 11.6 Å². The SMILES string of the molecule is COCC(C)NC(=O)N1CCN(c2ccc(Cl)cc2)CC1. The number of benzene rings is 1. The molecule has 1 saturated heterocycles. The van der Waals surface area contributed by atoms with Gasteiger partial charge in [-0.25, -0.2) is 4.79 Å². The number of anilines is 1. The zero-order valence-electron chi connectivity index (χ0n) is 12.5. The van der Waals surface area contributed by atoms with Crippen LogP contribution in [0.25, 0.3) is 0 Å². The van der Waals surface area contributed by atoms with Crippen molar-refractivity contribution in [2.75, 3.05) is 44.8 Å². The average Bonchev–Trinajstić information content (AvgIpc) is 2.48. The fourth-order valence-corrected chi connectivity index (χ4v) is 2.54. The van der Waals surface area contributed by atoms with E-state index in [4.69, 9.17) is 16.3 Å². The molecule has 0 bridgehead atoms. The Labute approximate surface area is 130 Å². The van der Waals surface area contributed by atoms with Crippen molar-refractivity contribution in [3.63, 3.8) is 0 Å². The van der Waals surface area contributed by atoms with Crippen LogP contribution in [-0.2, 0) is 4.74 Å². The number of carbonyl (C=O) groups excluding carboxylic acids is 1. The summed E-state index contributed by atoms with van der Waals surface area (Å²) in [6, 6.07) is 7.81. The first-order valence-electron chi connectivity index (χ1n) is 7.15. The molecular weight excluding hydrogens is 290 g/mol. The number of amides is 2. The Bertz CT molecular complexity index is 458. The maximum absolute atomic E-state index is 12.1. The fourth-order valence-electron chi connectivity index (χ4n) is 2.41. The molecular formula is C15H22ClN3O2. The van der Waals surface area contributed by atoms with Crippen molar-refractivity contribution in [3.8, 4) is 0 Å². The molecule has 1 N–H and O–H groups in total. The third-order valence-corrected chi connectivity index (χ3v) is 3.80. The summed E-state index contributed by atoms with van der Waals surface area (Å²) >= 11 is 5.90. The Morgan fingerprint density at radius 1 is 1.29 bits per heavy atom. The van der Waals surface area contributed by atoms with Crippen LogP contribution in [0.2, 0.25) is 5.02 Å². The maximum Gasteiger partial charge on any atom is 0.317 e. The molecule has 0 aromatic heterocycles. The first kappa shape index (κ1) is 15.9. The van der Waals surface area contributed by atoms with Crippen LogP contribution in [0, 0.1) is 0 Å². The van der Waals surface area contributed by atoms with Crippen LogP contribution < -0.4 is 10.2 Å². The number of nitrogens with zero attached hydrogens (tertiary/aromatic N) is 2. The normalized spacial score (nSPS) is 16.7. The number of hydrogen-bond acceptors (Lipinski definition) is 3. The topological polar surface area (TPSA) is 44.8 Å². The molecule has 1 aliphatic rings. The maximum atomic E-state index is 12.1. The molecule has 1 heterocycles. The van der Waals surface area contributed by atoms with E-state index < -0.39 is 0 Å². The van der Waals surface area contributed by atoms with E-state index >= 15 is 0 Å². The predicted molar refractivity (Wildman–Crippen MR) is 85.1 cm³/mol. The van der Waals surface area contributed by atoms with Gasteiger partial charge in [-0.2, -0.15) is 0 Å². The molecule has 6 heteroatoms. The van der Waals surface area contributed by atoms with Crippen molar-refractivity contribution in [1.29, 1.82) is 0 Å². The summed E-state index contributed by atoms with van der Waals surface area (Å²) in [5.74, 6) is 0. The number of piperazine rings is 1. The summed E-state index contributed by atoms with van der Waals surface area (Å²) in [4.78, 5) is 16.2. The van der Waals surface area contributed by atoms with Gasteiger partial charge in [0.2, 0.25) is 0 Å². The molecule has 1 fully saturated rings. The van der Waals surface area contributed by atoms with Gasteiger partial charge in [-0.3, -0.25) is 0 Å². The van der Waals surface area contributed by atoms with Crippen LogP contribution in [0.15, 0.2) is 24.3 Å². The molecule has 21 heavy (non-hydrogen) atoms. The number of ether oxygens (including phenoxy) is 1. The molecule has 116 valence electrons. The highest BCUT2D eigenvalue weighted by Crippen LogP contribution is 2.19. The van der Waals surface area contributed by atoms with E-state index in [-0.39, 0.29) is 12.1 Å². The minimum absolute atomic E-state index is 0.0182. The Hall–Kier alpha value is -1.46. The van der Waals surface area contributed by atoms with Gasteiger partial charge in [0.1, 0.15) is 0 Å². The van der Waals surface area contributed by atoms with E-state index in [1.807, 2.05) is 36.1 Å². The average molecular weight is 312 g/mol.